The van der Waals surface area contributed by atoms with Gasteiger partial charge in [-0.3, -0.25) is 0 Å². The van der Waals surface area contributed by atoms with Crippen molar-refractivity contribution < 1.29 is 0 Å². The molecule has 0 saturated heterocycles. The normalized spacial score (nSPS) is 11.1. The Hall–Kier alpha value is -1.25. The molecule has 0 bridgehead atoms. The van der Waals surface area contributed by atoms with E-state index in [1.165, 1.54) is 26.5 Å². The molecule has 0 aromatic heterocycles. The Kier molecular flexibility index (Phi) is 5.89. The monoisotopic (exact) mass is 299 g/mol. The molecular formula is C19H25NS. The quantitative estimate of drug-likeness (QED) is 0.786. The van der Waals surface area contributed by atoms with E-state index in [-0.39, 0.29) is 0 Å². The zero-order chi connectivity index (χ0) is 15.2. The standard InChI is InChI=1S/C19H25NS/c1-14(2)12-20-13-17-8-9-19(16(4)11-17)21-18-7-5-6-15(3)10-18/h5-11,14,20H,12-13H2,1-4H3. The molecule has 0 aliphatic carbocycles. The van der Waals surface area contributed by atoms with Gasteiger partial charge in [0.2, 0.25) is 0 Å². The minimum Gasteiger partial charge on any atom is -0.312 e. The van der Waals surface area contributed by atoms with Crippen LogP contribution in [0.15, 0.2) is 52.3 Å². The average molecular weight is 299 g/mol. The minimum absolute atomic E-state index is 0.697. The second-order valence-corrected chi connectivity index (χ2v) is 7.16. The Labute approximate surface area is 133 Å². The summed E-state index contributed by atoms with van der Waals surface area (Å²) in [6, 6.07) is 15.5. The van der Waals surface area contributed by atoms with E-state index in [0.29, 0.717) is 5.92 Å². The molecular weight excluding hydrogens is 274 g/mol. The first-order chi connectivity index (χ1) is 10.0. The van der Waals surface area contributed by atoms with Crippen molar-refractivity contribution in [3.63, 3.8) is 0 Å². The first-order valence-electron chi connectivity index (χ1n) is 7.59. The molecule has 0 heterocycles. The Bertz CT molecular complexity index is 590. The zero-order valence-corrected chi connectivity index (χ0v) is 14.3. The Balaban J connectivity index is 2.02. The summed E-state index contributed by atoms with van der Waals surface area (Å²) < 4.78 is 0. The van der Waals surface area contributed by atoms with Gasteiger partial charge in [-0.1, -0.05) is 55.4 Å². The van der Waals surface area contributed by atoms with E-state index in [4.69, 9.17) is 0 Å². The van der Waals surface area contributed by atoms with Crippen LogP contribution in [0.2, 0.25) is 0 Å². The maximum Gasteiger partial charge on any atom is 0.0205 e. The first kappa shape index (κ1) is 16.1. The molecule has 21 heavy (non-hydrogen) atoms. The smallest absolute Gasteiger partial charge is 0.0205 e. The van der Waals surface area contributed by atoms with Gasteiger partial charge in [0.25, 0.3) is 0 Å². The zero-order valence-electron chi connectivity index (χ0n) is 13.4. The van der Waals surface area contributed by atoms with Gasteiger partial charge in [-0.2, -0.15) is 0 Å². The van der Waals surface area contributed by atoms with E-state index >= 15 is 0 Å². The highest BCUT2D eigenvalue weighted by atomic mass is 32.2. The third-order valence-corrected chi connectivity index (χ3v) is 4.51. The second kappa shape index (κ2) is 7.67. The fraction of sp³-hybridized carbons (Fsp3) is 0.368. The van der Waals surface area contributed by atoms with Gasteiger partial charge >= 0.3 is 0 Å². The van der Waals surface area contributed by atoms with Crippen molar-refractivity contribution in [2.45, 2.75) is 44.0 Å². The molecule has 2 aromatic carbocycles. The van der Waals surface area contributed by atoms with Crippen LogP contribution in [-0.2, 0) is 6.54 Å². The van der Waals surface area contributed by atoms with Gasteiger partial charge in [0.1, 0.15) is 0 Å². The highest BCUT2D eigenvalue weighted by Crippen LogP contribution is 2.31. The van der Waals surface area contributed by atoms with Gasteiger partial charge < -0.3 is 5.32 Å². The maximum atomic E-state index is 3.50. The molecule has 0 radical (unpaired) electrons. The van der Waals surface area contributed by atoms with E-state index in [1.807, 2.05) is 11.8 Å². The molecule has 0 spiro atoms. The van der Waals surface area contributed by atoms with Crippen molar-refractivity contribution in [1.82, 2.24) is 5.32 Å². The van der Waals surface area contributed by atoms with Gasteiger partial charge in [-0.05, 0) is 55.6 Å². The third-order valence-electron chi connectivity index (χ3n) is 3.34. The Morgan fingerprint density at radius 2 is 1.86 bits per heavy atom. The third kappa shape index (κ3) is 5.22. The van der Waals surface area contributed by atoms with Crippen LogP contribution in [0.3, 0.4) is 0 Å². The molecule has 0 saturated carbocycles. The van der Waals surface area contributed by atoms with Gasteiger partial charge in [0, 0.05) is 16.3 Å². The SMILES string of the molecule is Cc1cccc(Sc2ccc(CNCC(C)C)cc2C)c1. The predicted octanol–water partition coefficient (Wildman–Crippen LogP) is 5.20. The summed E-state index contributed by atoms with van der Waals surface area (Å²) in [5.74, 6) is 0.697. The minimum atomic E-state index is 0.697. The van der Waals surface area contributed by atoms with E-state index < -0.39 is 0 Å². The molecule has 0 unspecified atom stereocenters. The lowest BCUT2D eigenvalue weighted by molar-refractivity contribution is 0.552. The van der Waals surface area contributed by atoms with Crippen LogP contribution in [0.25, 0.3) is 0 Å². The molecule has 0 atom stereocenters. The molecule has 0 aliphatic heterocycles. The summed E-state index contributed by atoms with van der Waals surface area (Å²) in [5, 5.41) is 3.50. The number of aryl methyl sites for hydroxylation is 2. The Morgan fingerprint density at radius 3 is 2.52 bits per heavy atom. The summed E-state index contributed by atoms with van der Waals surface area (Å²) in [7, 11) is 0. The molecule has 1 N–H and O–H groups in total. The first-order valence-corrected chi connectivity index (χ1v) is 8.41. The molecule has 2 heteroatoms. The van der Waals surface area contributed by atoms with E-state index in [2.05, 4.69) is 75.5 Å². The van der Waals surface area contributed by atoms with Crippen LogP contribution in [0.4, 0.5) is 0 Å². The van der Waals surface area contributed by atoms with Crippen molar-refractivity contribution in [2.24, 2.45) is 5.92 Å². The lowest BCUT2D eigenvalue weighted by Crippen LogP contribution is -2.18. The lowest BCUT2D eigenvalue weighted by atomic mass is 10.1. The number of hydrogen-bond donors (Lipinski definition) is 1. The van der Waals surface area contributed by atoms with Crippen LogP contribution in [0.1, 0.15) is 30.5 Å². The highest BCUT2D eigenvalue weighted by Gasteiger charge is 2.03. The fourth-order valence-electron chi connectivity index (χ4n) is 2.25. The number of hydrogen-bond acceptors (Lipinski definition) is 2. The lowest BCUT2D eigenvalue weighted by Gasteiger charge is -2.11. The molecule has 0 fully saturated rings. The van der Waals surface area contributed by atoms with Gasteiger partial charge in [0.05, 0.1) is 0 Å². The van der Waals surface area contributed by atoms with Gasteiger partial charge in [0.15, 0.2) is 0 Å². The number of nitrogens with one attached hydrogen (secondary N) is 1. The summed E-state index contributed by atoms with van der Waals surface area (Å²) in [5.41, 5.74) is 4.03. The van der Waals surface area contributed by atoms with E-state index in [9.17, 15) is 0 Å². The van der Waals surface area contributed by atoms with Crippen molar-refractivity contribution in [3.8, 4) is 0 Å². The van der Waals surface area contributed by atoms with Crippen molar-refractivity contribution in [2.75, 3.05) is 6.54 Å². The van der Waals surface area contributed by atoms with Crippen LogP contribution >= 0.6 is 11.8 Å². The summed E-state index contributed by atoms with van der Waals surface area (Å²) in [6.45, 7) is 10.8. The van der Waals surface area contributed by atoms with Gasteiger partial charge in [-0.25, -0.2) is 0 Å². The summed E-state index contributed by atoms with van der Waals surface area (Å²) in [4.78, 5) is 2.65. The highest BCUT2D eigenvalue weighted by molar-refractivity contribution is 7.99. The van der Waals surface area contributed by atoms with Crippen molar-refractivity contribution in [1.29, 1.82) is 0 Å². The topological polar surface area (TPSA) is 12.0 Å². The number of rotatable bonds is 6. The average Bonchev–Trinajstić information content (AvgIpc) is 2.41. The van der Waals surface area contributed by atoms with Crippen molar-refractivity contribution >= 4 is 11.8 Å². The largest absolute Gasteiger partial charge is 0.312 e. The maximum absolute atomic E-state index is 3.50. The van der Waals surface area contributed by atoms with Gasteiger partial charge in [-0.15, -0.1) is 0 Å². The van der Waals surface area contributed by atoms with Crippen LogP contribution in [0.5, 0.6) is 0 Å². The molecule has 112 valence electrons. The predicted molar refractivity (Wildman–Crippen MR) is 93.0 cm³/mol. The molecule has 0 aliphatic rings. The molecule has 2 rings (SSSR count). The number of benzene rings is 2. The Morgan fingerprint density at radius 1 is 1.05 bits per heavy atom. The molecule has 1 nitrogen and oxygen atoms in total. The van der Waals surface area contributed by atoms with Crippen LogP contribution in [0, 0.1) is 19.8 Å². The van der Waals surface area contributed by atoms with E-state index in [0.717, 1.165) is 13.1 Å². The van der Waals surface area contributed by atoms with E-state index in [1.54, 1.807) is 0 Å². The fourth-order valence-corrected chi connectivity index (χ4v) is 3.25. The molecule has 2 aromatic rings. The molecule has 0 amide bonds. The second-order valence-electron chi connectivity index (χ2n) is 6.04. The van der Waals surface area contributed by atoms with Crippen LogP contribution in [-0.4, -0.2) is 6.54 Å². The summed E-state index contributed by atoms with van der Waals surface area (Å²) in [6.07, 6.45) is 0. The van der Waals surface area contributed by atoms with Crippen LogP contribution < -0.4 is 5.32 Å². The summed E-state index contributed by atoms with van der Waals surface area (Å²) >= 11 is 1.85. The van der Waals surface area contributed by atoms with Crippen molar-refractivity contribution in [3.05, 3.63) is 59.2 Å².